The van der Waals surface area contributed by atoms with Crippen LogP contribution in [-0.2, 0) is 11.2 Å². The molecule has 2 rings (SSSR count). The highest BCUT2D eigenvalue weighted by atomic mass is 19.1. The lowest BCUT2D eigenvalue weighted by molar-refractivity contribution is -0.115. The molecule has 110 valence electrons. The van der Waals surface area contributed by atoms with Crippen molar-refractivity contribution in [1.29, 1.82) is 0 Å². The first-order chi connectivity index (χ1) is 9.86. The number of rotatable bonds is 3. The van der Waals surface area contributed by atoms with Crippen LogP contribution in [0.15, 0.2) is 30.3 Å². The molecule has 0 saturated carbocycles. The number of nitrogens with two attached hydrogens (primary N) is 1. The minimum Gasteiger partial charge on any atom is -0.399 e. The maximum Gasteiger partial charge on any atom is 0.228 e. The molecule has 0 saturated heterocycles. The van der Waals surface area contributed by atoms with Crippen LogP contribution in [0.5, 0.6) is 0 Å². The molecule has 0 spiro atoms. The third-order valence-corrected chi connectivity index (χ3v) is 3.19. The van der Waals surface area contributed by atoms with Gasteiger partial charge in [-0.2, -0.15) is 0 Å². The van der Waals surface area contributed by atoms with Gasteiger partial charge in [0.25, 0.3) is 0 Å². The van der Waals surface area contributed by atoms with Gasteiger partial charge in [-0.1, -0.05) is 6.07 Å². The first-order valence-corrected chi connectivity index (χ1v) is 6.47. The van der Waals surface area contributed by atoms with Gasteiger partial charge in [0, 0.05) is 17.4 Å². The Hall–Kier alpha value is -2.43. The molecule has 0 unspecified atom stereocenters. The summed E-state index contributed by atoms with van der Waals surface area (Å²) >= 11 is 0. The number of halogens is 2. The summed E-state index contributed by atoms with van der Waals surface area (Å²) in [4.78, 5) is 12.0. The first kappa shape index (κ1) is 15.0. The largest absolute Gasteiger partial charge is 0.399 e. The average Bonchev–Trinajstić information content (AvgIpc) is 2.37. The number of nitrogen functional groups attached to an aromatic ring is 1. The van der Waals surface area contributed by atoms with Crippen molar-refractivity contribution in [3.05, 3.63) is 58.7 Å². The third kappa shape index (κ3) is 3.56. The van der Waals surface area contributed by atoms with Crippen LogP contribution in [0.4, 0.5) is 20.2 Å². The normalized spacial score (nSPS) is 10.5. The molecule has 0 radical (unpaired) electrons. The van der Waals surface area contributed by atoms with E-state index < -0.39 is 11.6 Å². The minimum atomic E-state index is -0.726. The van der Waals surface area contributed by atoms with E-state index in [2.05, 4.69) is 5.32 Å². The molecule has 3 N–H and O–H groups in total. The number of aryl methyl sites for hydroxylation is 2. The molecule has 0 bridgehead atoms. The zero-order valence-corrected chi connectivity index (χ0v) is 11.8. The fourth-order valence-corrected chi connectivity index (χ4v) is 2.22. The molecule has 0 aromatic heterocycles. The molecular weight excluding hydrogens is 274 g/mol. The Morgan fingerprint density at radius 2 is 1.76 bits per heavy atom. The van der Waals surface area contributed by atoms with Crippen molar-refractivity contribution in [3.8, 4) is 0 Å². The Bertz CT molecular complexity index is 676. The maximum atomic E-state index is 13.5. The monoisotopic (exact) mass is 290 g/mol. The SMILES string of the molecule is Cc1cc(N)cc(C)c1NC(=O)Cc1ccc(F)cc1F. The molecule has 0 heterocycles. The summed E-state index contributed by atoms with van der Waals surface area (Å²) < 4.78 is 26.3. The van der Waals surface area contributed by atoms with Gasteiger partial charge in [-0.05, 0) is 48.7 Å². The number of carbonyl (C=O) groups excluding carboxylic acids is 1. The highest BCUT2D eigenvalue weighted by Crippen LogP contribution is 2.23. The van der Waals surface area contributed by atoms with Crippen molar-refractivity contribution >= 4 is 17.3 Å². The van der Waals surface area contributed by atoms with Gasteiger partial charge in [0.05, 0.1) is 6.42 Å². The van der Waals surface area contributed by atoms with Crippen LogP contribution >= 0.6 is 0 Å². The van der Waals surface area contributed by atoms with Crippen molar-refractivity contribution in [2.75, 3.05) is 11.1 Å². The summed E-state index contributed by atoms with van der Waals surface area (Å²) in [6, 6.07) is 6.67. The molecule has 2 aromatic rings. The van der Waals surface area contributed by atoms with Gasteiger partial charge in [-0.15, -0.1) is 0 Å². The van der Waals surface area contributed by atoms with Crippen LogP contribution in [0.25, 0.3) is 0 Å². The van der Waals surface area contributed by atoms with Crippen molar-refractivity contribution in [1.82, 2.24) is 0 Å². The van der Waals surface area contributed by atoms with Gasteiger partial charge in [0.2, 0.25) is 5.91 Å². The number of amides is 1. The van der Waals surface area contributed by atoms with Crippen molar-refractivity contribution in [3.63, 3.8) is 0 Å². The number of hydrogen-bond donors (Lipinski definition) is 2. The van der Waals surface area contributed by atoms with E-state index in [-0.39, 0.29) is 17.9 Å². The number of carbonyl (C=O) groups is 1. The minimum absolute atomic E-state index is 0.152. The van der Waals surface area contributed by atoms with Crippen LogP contribution in [-0.4, -0.2) is 5.91 Å². The summed E-state index contributed by atoms with van der Waals surface area (Å²) in [7, 11) is 0. The second-order valence-corrected chi connectivity index (χ2v) is 4.99. The van der Waals surface area contributed by atoms with E-state index in [4.69, 9.17) is 5.73 Å². The zero-order valence-electron chi connectivity index (χ0n) is 11.8. The van der Waals surface area contributed by atoms with E-state index in [9.17, 15) is 13.6 Å². The second kappa shape index (κ2) is 5.91. The van der Waals surface area contributed by atoms with Crippen LogP contribution < -0.4 is 11.1 Å². The molecular formula is C16H16F2N2O. The number of nitrogens with one attached hydrogen (secondary N) is 1. The fraction of sp³-hybridized carbons (Fsp3) is 0.188. The fourth-order valence-electron chi connectivity index (χ4n) is 2.22. The lowest BCUT2D eigenvalue weighted by Gasteiger charge is -2.13. The number of anilines is 2. The molecule has 21 heavy (non-hydrogen) atoms. The van der Waals surface area contributed by atoms with E-state index in [0.29, 0.717) is 11.4 Å². The van der Waals surface area contributed by atoms with E-state index in [1.165, 1.54) is 6.07 Å². The van der Waals surface area contributed by atoms with Crippen LogP contribution in [0.3, 0.4) is 0 Å². The number of benzene rings is 2. The quantitative estimate of drug-likeness (QED) is 0.852. The van der Waals surface area contributed by atoms with E-state index >= 15 is 0 Å². The second-order valence-electron chi connectivity index (χ2n) is 4.99. The molecule has 2 aromatic carbocycles. The predicted molar refractivity (Wildman–Crippen MR) is 79.0 cm³/mol. The van der Waals surface area contributed by atoms with Gasteiger partial charge in [0.15, 0.2) is 0 Å². The lowest BCUT2D eigenvalue weighted by atomic mass is 10.1. The molecule has 0 aliphatic heterocycles. The topological polar surface area (TPSA) is 55.1 Å². The van der Waals surface area contributed by atoms with Crippen LogP contribution in [0, 0.1) is 25.5 Å². The highest BCUT2D eigenvalue weighted by molar-refractivity contribution is 5.94. The predicted octanol–water partition coefficient (Wildman–Crippen LogP) is 3.35. The third-order valence-electron chi connectivity index (χ3n) is 3.19. The summed E-state index contributed by atoms with van der Waals surface area (Å²) in [5.41, 5.74) is 8.82. The summed E-state index contributed by atoms with van der Waals surface area (Å²) in [5.74, 6) is -1.76. The molecule has 5 heteroatoms. The van der Waals surface area contributed by atoms with Crippen molar-refractivity contribution < 1.29 is 13.6 Å². The Labute approximate surface area is 121 Å². The molecule has 0 fully saturated rings. The summed E-state index contributed by atoms with van der Waals surface area (Å²) in [6.07, 6.45) is -0.157. The molecule has 3 nitrogen and oxygen atoms in total. The maximum absolute atomic E-state index is 13.5. The van der Waals surface area contributed by atoms with E-state index in [0.717, 1.165) is 23.3 Å². The molecule has 1 amide bonds. The van der Waals surface area contributed by atoms with Gasteiger partial charge in [-0.25, -0.2) is 8.78 Å². The van der Waals surface area contributed by atoms with E-state index in [1.54, 1.807) is 12.1 Å². The average molecular weight is 290 g/mol. The Morgan fingerprint density at radius 3 is 2.33 bits per heavy atom. The Balaban J connectivity index is 2.16. The smallest absolute Gasteiger partial charge is 0.228 e. The summed E-state index contributed by atoms with van der Waals surface area (Å²) in [5, 5.41) is 2.74. The first-order valence-electron chi connectivity index (χ1n) is 6.47. The highest BCUT2D eigenvalue weighted by Gasteiger charge is 2.12. The standard InChI is InChI=1S/C16H16F2N2O/c1-9-5-13(19)6-10(2)16(9)20-15(21)7-11-3-4-12(17)8-14(11)18/h3-6,8H,7,19H2,1-2H3,(H,20,21). The molecule has 0 aliphatic rings. The summed E-state index contributed by atoms with van der Waals surface area (Å²) in [6.45, 7) is 3.66. The zero-order chi connectivity index (χ0) is 15.6. The Morgan fingerprint density at radius 1 is 1.14 bits per heavy atom. The van der Waals surface area contributed by atoms with Crippen LogP contribution in [0.1, 0.15) is 16.7 Å². The molecule has 0 aliphatic carbocycles. The van der Waals surface area contributed by atoms with Gasteiger partial charge in [-0.3, -0.25) is 4.79 Å². The van der Waals surface area contributed by atoms with Gasteiger partial charge < -0.3 is 11.1 Å². The number of hydrogen-bond acceptors (Lipinski definition) is 2. The van der Waals surface area contributed by atoms with Crippen LogP contribution in [0.2, 0.25) is 0 Å². The van der Waals surface area contributed by atoms with Gasteiger partial charge >= 0.3 is 0 Å². The molecule has 0 atom stereocenters. The Kier molecular flexibility index (Phi) is 4.21. The van der Waals surface area contributed by atoms with Crippen molar-refractivity contribution in [2.45, 2.75) is 20.3 Å². The van der Waals surface area contributed by atoms with Crippen molar-refractivity contribution in [2.24, 2.45) is 0 Å². The lowest BCUT2D eigenvalue weighted by Crippen LogP contribution is -2.17. The van der Waals surface area contributed by atoms with Gasteiger partial charge in [0.1, 0.15) is 11.6 Å². The van der Waals surface area contributed by atoms with E-state index in [1.807, 2.05) is 13.8 Å².